The van der Waals surface area contributed by atoms with Crippen molar-refractivity contribution in [2.75, 3.05) is 0 Å². The van der Waals surface area contributed by atoms with Gasteiger partial charge in [0.25, 0.3) is 0 Å². The molecule has 0 bridgehead atoms. The summed E-state index contributed by atoms with van der Waals surface area (Å²) < 4.78 is 67.4. The number of hydrogen-bond acceptors (Lipinski definition) is 3. The molecular formula is C8H4F3NaO3S. The summed E-state index contributed by atoms with van der Waals surface area (Å²) in [6, 6.07) is 3.11. The van der Waals surface area contributed by atoms with Crippen molar-refractivity contribution in [3.63, 3.8) is 0 Å². The Balaban J connectivity index is 0.00000225. The van der Waals surface area contributed by atoms with Crippen LogP contribution >= 0.6 is 0 Å². The molecule has 0 heterocycles. The fraction of sp³-hybridized carbons (Fsp3) is 0. The first-order chi connectivity index (χ1) is 6.82. The van der Waals surface area contributed by atoms with Gasteiger partial charge in [0.05, 0.1) is 4.90 Å². The number of hydrogen-bond donors (Lipinski definition) is 0. The van der Waals surface area contributed by atoms with Gasteiger partial charge in [0.1, 0.15) is 10.1 Å². The van der Waals surface area contributed by atoms with Gasteiger partial charge in [-0.05, 0) is 12.1 Å². The minimum Gasteiger partial charge on any atom is -0.744 e. The van der Waals surface area contributed by atoms with Crippen molar-refractivity contribution in [1.82, 2.24) is 0 Å². The summed E-state index contributed by atoms with van der Waals surface area (Å²) in [5, 5.41) is 0. The van der Waals surface area contributed by atoms with Crippen LogP contribution in [0.2, 0.25) is 0 Å². The van der Waals surface area contributed by atoms with E-state index in [0.717, 1.165) is 24.3 Å². The molecule has 1 aromatic rings. The van der Waals surface area contributed by atoms with Gasteiger partial charge in [-0.15, -0.1) is 0 Å². The molecule has 0 radical (unpaired) electrons. The van der Waals surface area contributed by atoms with E-state index in [2.05, 4.69) is 0 Å². The molecule has 3 nitrogen and oxygen atoms in total. The zero-order valence-electron chi connectivity index (χ0n) is 8.08. The van der Waals surface area contributed by atoms with Gasteiger partial charge < -0.3 is 4.55 Å². The molecule has 0 atom stereocenters. The van der Waals surface area contributed by atoms with Crippen LogP contribution in [-0.2, 0) is 10.1 Å². The Kier molecular flexibility index (Phi) is 5.71. The van der Waals surface area contributed by atoms with Gasteiger partial charge >= 0.3 is 35.6 Å². The van der Waals surface area contributed by atoms with E-state index in [1.807, 2.05) is 0 Å². The first kappa shape index (κ1) is 15.7. The Labute approximate surface area is 112 Å². The minimum absolute atomic E-state index is 0. The topological polar surface area (TPSA) is 57.2 Å². The normalized spacial score (nSPS) is 10.5. The van der Waals surface area contributed by atoms with Crippen molar-refractivity contribution >= 4 is 15.9 Å². The van der Waals surface area contributed by atoms with E-state index < -0.39 is 32.5 Å². The van der Waals surface area contributed by atoms with Crippen LogP contribution < -0.4 is 29.6 Å². The molecule has 0 N–H and O–H groups in total. The van der Waals surface area contributed by atoms with Crippen molar-refractivity contribution in [2.45, 2.75) is 4.90 Å². The maximum Gasteiger partial charge on any atom is 1.00 e. The van der Waals surface area contributed by atoms with E-state index in [9.17, 15) is 26.1 Å². The second-order valence-corrected chi connectivity index (χ2v) is 3.93. The molecule has 0 unspecified atom stereocenters. The Morgan fingerprint density at radius 1 is 1.06 bits per heavy atom. The van der Waals surface area contributed by atoms with E-state index in [-0.39, 0.29) is 29.6 Å². The molecule has 0 saturated carbocycles. The SMILES string of the molecule is O=S(=O)([O-])c1ccc(C(F)=C(F)F)cc1.[Na+]. The first-order valence-corrected chi connectivity index (χ1v) is 5.00. The predicted molar refractivity (Wildman–Crippen MR) is 44.6 cm³/mol. The summed E-state index contributed by atoms with van der Waals surface area (Å²) in [6.07, 6.45) is -2.51. The molecule has 0 aliphatic rings. The molecule has 82 valence electrons. The summed E-state index contributed by atoms with van der Waals surface area (Å²) in [6.45, 7) is 0. The average molecular weight is 260 g/mol. The van der Waals surface area contributed by atoms with Crippen LogP contribution in [0.5, 0.6) is 0 Å². The number of rotatable bonds is 2. The Hall–Kier alpha value is -0.340. The van der Waals surface area contributed by atoms with E-state index >= 15 is 0 Å². The van der Waals surface area contributed by atoms with Gasteiger partial charge in [0, 0.05) is 5.56 Å². The molecule has 0 saturated heterocycles. The second kappa shape index (κ2) is 5.83. The zero-order chi connectivity index (χ0) is 11.6. The van der Waals surface area contributed by atoms with E-state index in [1.165, 1.54) is 0 Å². The third-order valence-electron chi connectivity index (χ3n) is 1.56. The Morgan fingerprint density at radius 3 is 1.81 bits per heavy atom. The summed E-state index contributed by atoms with van der Waals surface area (Å²) in [7, 11) is -4.64. The van der Waals surface area contributed by atoms with Gasteiger partial charge in [-0.3, -0.25) is 0 Å². The molecule has 0 amide bonds. The third-order valence-corrected chi connectivity index (χ3v) is 2.41. The Morgan fingerprint density at radius 2 is 1.50 bits per heavy atom. The van der Waals surface area contributed by atoms with Crippen molar-refractivity contribution in [3.8, 4) is 0 Å². The third kappa shape index (κ3) is 3.91. The van der Waals surface area contributed by atoms with Crippen molar-refractivity contribution in [3.05, 3.63) is 35.9 Å². The van der Waals surface area contributed by atoms with Crippen LogP contribution in [0, 0.1) is 0 Å². The van der Waals surface area contributed by atoms with Crippen molar-refractivity contribution in [1.29, 1.82) is 0 Å². The van der Waals surface area contributed by atoms with Gasteiger partial charge in [-0.2, -0.15) is 8.78 Å². The monoisotopic (exact) mass is 260 g/mol. The van der Waals surface area contributed by atoms with Crippen molar-refractivity contribution < 1.29 is 55.7 Å². The summed E-state index contributed by atoms with van der Waals surface area (Å²) >= 11 is 0. The fourth-order valence-electron chi connectivity index (χ4n) is 0.877. The quantitative estimate of drug-likeness (QED) is 0.513. The van der Waals surface area contributed by atoms with Crippen LogP contribution in [-0.4, -0.2) is 13.0 Å². The van der Waals surface area contributed by atoms with E-state index in [4.69, 9.17) is 0 Å². The van der Waals surface area contributed by atoms with Crippen molar-refractivity contribution in [2.24, 2.45) is 0 Å². The summed E-state index contributed by atoms with van der Waals surface area (Å²) in [5.74, 6) is -1.75. The van der Waals surface area contributed by atoms with Gasteiger partial charge in [-0.25, -0.2) is 12.8 Å². The molecule has 1 aromatic carbocycles. The summed E-state index contributed by atoms with van der Waals surface area (Å²) in [5.41, 5.74) is -0.484. The molecule has 0 aliphatic carbocycles. The molecule has 0 fully saturated rings. The average Bonchev–Trinajstić information content (AvgIpc) is 2.15. The van der Waals surface area contributed by atoms with Crippen LogP contribution in [0.25, 0.3) is 5.83 Å². The minimum atomic E-state index is -4.64. The standard InChI is InChI=1S/C8H5F3O3S.Na/c9-7(8(10)11)5-1-3-6(4-2-5)15(12,13)14;/h1-4H,(H,12,13,14);/q;+1/p-1. The van der Waals surface area contributed by atoms with Crippen LogP contribution in [0.15, 0.2) is 35.2 Å². The molecule has 1 rings (SSSR count). The van der Waals surface area contributed by atoms with E-state index in [0.29, 0.717) is 0 Å². The zero-order valence-corrected chi connectivity index (χ0v) is 10.9. The van der Waals surface area contributed by atoms with Gasteiger partial charge in [-0.1, -0.05) is 12.1 Å². The van der Waals surface area contributed by atoms with Crippen LogP contribution in [0.3, 0.4) is 0 Å². The predicted octanol–water partition coefficient (Wildman–Crippen LogP) is -0.871. The van der Waals surface area contributed by atoms with E-state index in [1.54, 1.807) is 0 Å². The van der Waals surface area contributed by atoms with Crippen LogP contribution in [0.1, 0.15) is 5.56 Å². The largest absolute Gasteiger partial charge is 1.00 e. The molecule has 16 heavy (non-hydrogen) atoms. The molecule has 0 aromatic heterocycles. The first-order valence-electron chi connectivity index (χ1n) is 3.59. The number of benzene rings is 1. The number of halogens is 3. The molecule has 0 aliphatic heterocycles. The molecule has 8 heteroatoms. The molecular weight excluding hydrogens is 256 g/mol. The van der Waals surface area contributed by atoms with Crippen LogP contribution in [0.4, 0.5) is 13.2 Å². The summed E-state index contributed by atoms with van der Waals surface area (Å²) in [4.78, 5) is -0.599. The maximum absolute atomic E-state index is 12.6. The smallest absolute Gasteiger partial charge is 0.744 e. The van der Waals surface area contributed by atoms with Gasteiger partial charge in [0.2, 0.25) is 0 Å². The maximum atomic E-state index is 12.6. The van der Waals surface area contributed by atoms with Gasteiger partial charge in [0.15, 0.2) is 5.83 Å². The molecule has 0 spiro atoms. The Bertz CT molecular complexity index is 492. The fourth-order valence-corrected chi connectivity index (χ4v) is 1.35. The second-order valence-electron chi connectivity index (χ2n) is 2.55.